The maximum atomic E-state index is 12.7. The lowest BCUT2D eigenvalue weighted by Crippen LogP contribution is -2.12. The van der Waals surface area contributed by atoms with Gasteiger partial charge in [-0.15, -0.1) is 0 Å². The second-order valence-electron chi connectivity index (χ2n) is 5.77. The summed E-state index contributed by atoms with van der Waals surface area (Å²) in [7, 11) is -3.76. The Bertz CT molecular complexity index is 1070. The minimum absolute atomic E-state index is 0.107. The molecule has 0 fully saturated rings. The van der Waals surface area contributed by atoms with Crippen molar-refractivity contribution in [2.24, 2.45) is 0 Å². The highest BCUT2D eigenvalue weighted by Gasteiger charge is 2.33. The van der Waals surface area contributed by atoms with Gasteiger partial charge in [0.05, 0.1) is 4.90 Å². The van der Waals surface area contributed by atoms with Gasteiger partial charge < -0.3 is 4.74 Å². The first-order valence-electron chi connectivity index (χ1n) is 7.91. The first-order chi connectivity index (χ1) is 13.1. The lowest BCUT2D eigenvalue weighted by atomic mass is 10.2. The van der Waals surface area contributed by atoms with E-state index in [9.17, 15) is 21.6 Å². The van der Waals surface area contributed by atoms with E-state index in [0.29, 0.717) is 0 Å². The van der Waals surface area contributed by atoms with Crippen molar-refractivity contribution in [3.63, 3.8) is 0 Å². The number of sulfonamides is 1. The van der Waals surface area contributed by atoms with Gasteiger partial charge in [-0.2, -0.15) is 18.2 Å². The van der Waals surface area contributed by atoms with Gasteiger partial charge >= 0.3 is 12.2 Å². The molecule has 0 atom stereocenters. The summed E-state index contributed by atoms with van der Waals surface area (Å²) in [6.45, 7) is 1.84. The van der Waals surface area contributed by atoms with Crippen molar-refractivity contribution >= 4 is 15.7 Å². The highest BCUT2D eigenvalue weighted by atomic mass is 32.2. The Hall–Kier alpha value is -3.14. The molecule has 0 bridgehead atoms. The van der Waals surface area contributed by atoms with Crippen LogP contribution in [0.4, 0.5) is 18.9 Å². The number of aryl methyl sites for hydroxylation is 1. The fourth-order valence-corrected chi connectivity index (χ4v) is 3.23. The minimum atomic E-state index is -4.61. The van der Waals surface area contributed by atoms with Crippen molar-refractivity contribution in [3.8, 4) is 11.8 Å². The van der Waals surface area contributed by atoms with Crippen LogP contribution in [0, 0.1) is 6.92 Å². The van der Waals surface area contributed by atoms with Gasteiger partial charge in [-0.3, -0.25) is 4.72 Å². The number of hydrogen-bond donors (Lipinski definition) is 1. The molecule has 0 saturated carbocycles. The first kappa shape index (κ1) is 19.6. The number of benzene rings is 2. The van der Waals surface area contributed by atoms with Gasteiger partial charge in [0.25, 0.3) is 10.0 Å². The molecular weight excluding hydrogens is 395 g/mol. The van der Waals surface area contributed by atoms with Crippen molar-refractivity contribution in [2.75, 3.05) is 4.72 Å². The zero-order valence-corrected chi connectivity index (χ0v) is 15.3. The highest BCUT2D eigenvalue weighted by molar-refractivity contribution is 7.92. The van der Waals surface area contributed by atoms with E-state index in [1.165, 1.54) is 36.4 Å². The van der Waals surface area contributed by atoms with Crippen molar-refractivity contribution in [3.05, 3.63) is 72.1 Å². The molecule has 146 valence electrons. The Morgan fingerprint density at radius 2 is 1.61 bits per heavy atom. The van der Waals surface area contributed by atoms with Crippen molar-refractivity contribution in [2.45, 2.75) is 18.0 Å². The van der Waals surface area contributed by atoms with Crippen LogP contribution in [-0.4, -0.2) is 18.4 Å². The average Bonchev–Trinajstić information content (AvgIpc) is 2.63. The molecule has 1 aromatic heterocycles. The number of ether oxygens (including phenoxy) is 1. The fourth-order valence-electron chi connectivity index (χ4n) is 2.18. The molecule has 0 aliphatic rings. The van der Waals surface area contributed by atoms with E-state index in [0.717, 1.165) is 17.8 Å². The number of rotatable bonds is 5. The van der Waals surface area contributed by atoms with Gasteiger partial charge in [0.15, 0.2) is 5.69 Å². The number of anilines is 1. The monoisotopic (exact) mass is 409 g/mol. The number of halogens is 3. The van der Waals surface area contributed by atoms with Gasteiger partial charge in [-0.1, -0.05) is 17.7 Å². The van der Waals surface area contributed by atoms with Crippen LogP contribution in [0.5, 0.6) is 11.8 Å². The first-order valence-corrected chi connectivity index (χ1v) is 9.39. The summed E-state index contributed by atoms with van der Waals surface area (Å²) in [4.78, 5) is 7.04. The molecule has 0 saturated heterocycles. The molecule has 0 radical (unpaired) electrons. The van der Waals surface area contributed by atoms with E-state index >= 15 is 0 Å². The van der Waals surface area contributed by atoms with Crippen LogP contribution in [0.3, 0.4) is 0 Å². The third-order valence-electron chi connectivity index (χ3n) is 3.57. The molecular formula is C18H14F3N3O3S. The summed E-state index contributed by atoms with van der Waals surface area (Å²) in [5, 5.41) is 0. The number of hydrogen-bond acceptors (Lipinski definition) is 5. The standard InChI is InChI=1S/C18H14F3N3O3S/c1-12-2-8-15(9-3-12)28(25,26)24-13-4-6-14(7-5-13)27-17-22-11-10-16(23-17)18(19,20)21/h2-11,24H,1H3. The van der Waals surface area contributed by atoms with Crippen LogP contribution in [0.2, 0.25) is 0 Å². The van der Waals surface area contributed by atoms with Crippen molar-refractivity contribution in [1.29, 1.82) is 0 Å². The molecule has 0 amide bonds. The molecule has 6 nitrogen and oxygen atoms in total. The van der Waals surface area contributed by atoms with E-state index in [-0.39, 0.29) is 16.3 Å². The molecule has 1 heterocycles. The Morgan fingerprint density at radius 1 is 0.964 bits per heavy atom. The van der Waals surface area contributed by atoms with Crippen LogP contribution >= 0.6 is 0 Å². The summed E-state index contributed by atoms with van der Waals surface area (Å²) in [5.41, 5.74) is 0.0649. The lowest BCUT2D eigenvalue weighted by molar-refractivity contribution is -0.141. The Morgan fingerprint density at radius 3 is 2.21 bits per heavy atom. The summed E-state index contributed by atoms with van der Waals surface area (Å²) in [5.74, 6) is 0.151. The third kappa shape index (κ3) is 4.77. The highest BCUT2D eigenvalue weighted by Crippen LogP contribution is 2.29. The number of alkyl halides is 3. The Labute approximate surface area is 159 Å². The predicted octanol–water partition coefficient (Wildman–Crippen LogP) is 4.40. The van der Waals surface area contributed by atoms with E-state index < -0.39 is 27.9 Å². The maximum absolute atomic E-state index is 12.7. The van der Waals surface area contributed by atoms with E-state index in [1.54, 1.807) is 12.1 Å². The SMILES string of the molecule is Cc1ccc(S(=O)(=O)Nc2ccc(Oc3nccc(C(F)(F)F)n3)cc2)cc1. The van der Waals surface area contributed by atoms with Gasteiger partial charge in [-0.05, 0) is 49.4 Å². The number of nitrogens with zero attached hydrogens (tertiary/aromatic N) is 2. The van der Waals surface area contributed by atoms with Gasteiger partial charge in [-0.25, -0.2) is 13.4 Å². The fraction of sp³-hybridized carbons (Fsp3) is 0.111. The van der Waals surface area contributed by atoms with Crippen LogP contribution < -0.4 is 9.46 Å². The maximum Gasteiger partial charge on any atom is 0.433 e. The Kier molecular flexibility index (Phi) is 5.23. The average molecular weight is 409 g/mol. The van der Waals surface area contributed by atoms with Crippen molar-refractivity contribution in [1.82, 2.24) is 9.97 Å². The second kappa shape index (κ2) is 7.47. The molecule has 3 aromatic rings. The van der Waals surface area contributed by atoms with Crippen LogP contribution in [0.15, 0.2) is 65.7 Å². The molecule has 28 heavy (non-hydrogen) atoms. The van der Waals surface area contributed by atoms with Crippen LogP contribution in [-0.2, 0) is 16.2 Å². The van der Waals surface area contributed by atoms with Crippen molar-refractivity contribution < 1.29 is 26.3 Å². The summed E-state index contributed by atoms with van der Waals surface area (Å²) in [6.07, 6.45) is -3.67. The van der Waals surface area contributed by atoms with Crippen LogP contribution in [0.25, 0.3) is 0 Å². The van der Waals surface area contributed by atoms with Crippen LogP contribution in [0.1, 0.15) is 11.3 Å². The topological polar surface area (TPSA) is 81.2 Å². The second-order valence-corrected chi connectivity index (χ2v) is 7.45. The molecule has 1 N–H and O–H groups in total. The molecule has 3 rings (SSSR count). The van der Waals surface area contributed by atoms with Gasteiger partial charge in [0.2, 0.25) is 0 Å². The zero-order chi connectivity index (χ0) is 20.4. The molecule has 0 unspecified atom stereocenters. The minimum Gasteiger partial charge on any atom is -0.424 e. The van der Waals surface area contributed by atoms with E-state index in [1.807, 2.05) is 6.92 Å². The summed E-state index contributed by atoms with van der Waals surface area (Å²) >= 11 is 0. The smallest absolute Gasteiger partial charge is 0.424 e. The number of nitrogens with one attached hydrogen (secondary N) is 1. The normalized spacial score (nSPS) is 11.9. The largest absolute Gasteiger partial charge is 0.433 e. The van der Waals surface area contributed by atoms with Gasteiger partial charge in [0.1, 0.15) is 5.75 Å². The summed E-state index contributed by atoms with van der Waals surface area (Å²) < 4.78 is 70.3. The summed E-state index contributed by atoms with van der Waals surface area (Å²) in [6, 6.07) is 12.2. The third-order valence-corrected chi connectivity index (χ3v) is 4.97. The molecule has 0 aliphatic heterocycles. The zero-order valence-electron chi connectivity index (χ0n) is 14.4. The molecule has 0 spiro atoms. The Balaban J connectivity index is 1.73. The van der Waals surface area contributed by atoms with E-state index in [4.69, 9.17) is 4.74 Å². The van der Waals surface area contributed by atoms with E-state index in [2.05, 4.69) is 14.7 Å². The molecule has 0 aliphatic carbocycles. The quantitative estimate of drug-likeness (QED) is 0.676. The van der Waals surface area contributed by atoms with Gasteiger partial charge in [0, 0.05) is 11.9 Å². The predicted molar refractivity (Wildman–Crippen MR) is 95.5 cm³/mol. The number of aromatic nitrogens is 2. The molecule has 2 aromatic carbocycles. The molecule has 10 heteroatoms. The lowest BCUT2D eigenvalue weighted by Gasteiger charge is -2.10.